The first-order valence-electron chi connectivity index (χ1n) is 12.8. The molecule has 0 spiro atoms. The fourth-order valence-electron chi connectivity index (χ4n) is 4.14. The molecule has 4 rings (SSSR count). The molecule has 0 aliphatic carbocycles. The van der Waals surface area contributed by atoms with Crippen molar-refractivity contribution in [2.24, 2.45) is 0 Å². The van der Waals surface area contributed by atoms with Gasteiger partial charge in [0.05, 0.1) is 37.5 Å². The number of amides is 1. The summed E-state index contributed by atoms with van der Waals surface area (Å²) >= 11 is 0.936. The Morgan fingerprint density at radius 2 is 1.62 bits per heavy atom. The Hall–Kier alpha value is -5.58. The van der Waals surface area contributed by atoms with Crippen LogP contribution in [0.3, 0.4) is 0 Å². The number of nitrogens with two attached hydrogens (primary N) is 1. The van der Waals surface area contributed by atoms with Gasteiger partial charge in [-0.3, -0.25) is 4.79 Å². The molecular weight excluding hydrogens is 621 g/mol. The van der Waals surface area contributed by atoms with Crippen molar-refractivity contribution in [3.05, 3.63) is 65.5 Å². The van der Waals surface area contributed by atoms with Crippen LogP contribution >= 0.6 is 11.8 Å². The van der Waals surface area contributed by atoms with E-state index in [0.717, 1.165) is 11.8 Å². The van der Waals surface area contributed by atoms with Gasteiger partial charge in [0.15, 0.2) is 11.5 Å². The van der Waals surface area contributed by atoms with E-state index in [4.69, 9.17) is 19.9 Å². The Morgan fingerprint density at radius 3 is 2.18 bits per heavy atom. The first-order chi connectivity index (χ1) is 21.5. The van der Waals surface area contributed by atoms with Crippen LogP contribution in [0.1, 0.15) is 16.8 Å². The highest BCUT2D eigenvalue weighted by Gasteiger charge is 2.24. The maximum atomic E-state index is 12.8. The number of hydrogen-bond donors (Lipinski definition) is 3. The molecule has 2 heterocycles. The van der Waals surface area contributed by atoms with E-state index in [-0.39, 0.29) is 44.1 Å². The standard InChI is InChI=1S/C29H26N8O6S2/c1-16-9-10-33-29(34-16)37-45(39,40)19-7-5-18(6-8-19)35-24(38)15-44-28-21(14-31)25(20(13-30)27(32)36-28)17-11-22(41-2)26(43-4)23(12-17)42-3/h5-12H,15H2,1-4H3,(H2,32,36)(H,35,38)(H,33,34,37). The summed E-state index contributed by atoms with van der Waals surface area (Å²) in [6, 6.07) is 14.4. The van der Waals surface area contributed by atoms with Crippen molar-refractivity contribution in [1.29, 1.82) is 10.5 Å². The van der Waals surface area contributed by atoms with Gasteiger partial charge < -0.3 is 25.3 Å². The summed E-state index contributed by atoms with van der Waals surface area (Å²) in [5.74, 6) is 0.0503. The topological polar surface area (TPSA) is 215 Å². The van der Waals surface area contributed by atoms with Crippen LogP contribution < -0.4 is 30.0 Å². The lowest BCUT2D eigenvalue weighted by molar-refractivity contribution is -0.113. The van der Waals surface area contributed by atoms with Gasteiger partial charge >= 0.3 is 0 Å². The van der Waals surface area contributed by atoms with Gasteiger partial charge in [0, 0.05) is 23.1 Å². The molecule has 230 valence electrons. The lowest BCUT2D eigenvalue weighted by atomic mass is 9.96. The molecule has 0 bridgehead atoms. The normalized spacial score (nSPS) is 10.7. The minimum absolute atomic E-state index is 0.0208. The number of aromatic nitrogens is 3. The Bertz CT molecular complexity index is 1930. The highest BCUT2D eigenvalue weighted by Crippen LogP contribution is 2.44. The lowest BCUT2D eigenvalue weighted by Crippen LogP contribution is -2.16. The van der Waals surface area contributed by atoms with E-state index in [2.05, 4.69) is 31.1 Å². The molecule has 16 heteroatoms. The van der Waals surface area contributed by atoms with Gasteiger partial charge in [-0.15, -0.1) is 0 Å². The molecule has 0 radical (unpaired) electrons. The zero-order valence-corrected chi connectivity index (χ0v) is 26.0. The lowest BCUT2D eigenvalue weighted by Gasteiger charge is -2.17. The molecule has 0 unspecified atom stereocenters. The molecule has 0 aliphatic rings. The zero-order chi connectivity index (χ0) is 32.7. The van der Waals surface area contributed by atoms with Crippen LogP contribution in [0.2, 0.25) is 0 Å². The molecule has 0 saturated heterocycles. The summed E-state index contributed by atoms with van der Waals surface area (Å²) in [6.07, 6.45) is 1.44. The van der Waals surface area contributed by atoms with E-state index in [1.54, 1.807) is 25.1 Å². The van der Waals surface area contributed by atoms with Crippen LogP contribution in [0.15, 0.2) is 58.6 Å². The van der Waals surface area contributed by atoms with Crippen molar-refractivity contribution in [1.82, 2.24) is 15.0 Å². The van der Waals surface area contributed by atoms with E-state index in [1.807, 2.05) is 6.07 Å². The fraction of sp³-hybridized carbons (Fsp3) is 0.172. The van der Waals surface area contributed by atoms with Crippen molar-refractivity contribution in [2.45, 2.75) is 16.8 Å². The Morgan fingerprint density at radius 1 is 0.978 bits per heavy atom. The van der Waals surface area contributed by atoms with Crippen LogP contribution in [-0.4, -0.2) is 56.4 Å². The molecule has 0 fully saturated rings. The van der Waals surface area contributed by atoms with Crippen LogP contribution in [0.4, 0.5) is 17.5 Å². The third-order valence-corrected chi connectivity index (χ3v) is 8.50. The number of benzene rings is 2. The number of nitrogens with one attached hydrogen (secondary N) is 2. The number of nitrogens with zero attached hydrogens (tertiary/aromatic N) is 5. The number of sulfonamides is 1. The van der Waals surface area contributed by atoms with Gasteiger partial charge in [0.1, 0.15) is 28.5 Å². The summed E-state index contributed by atoms with van der Waals surface area (Å²) in [4.78, 5) is 24.9. The minimum atomic E-state index is -3.97. The van der Waals surface area contributed by atoms with Gasteiger partial charge in [0.25, 0.3) is 10.0 Å². The number of aryl methyl sites for hydroxylation is 1. The summed E-state index contributed by atoms with van der Waals surface area (Å²) < 4.78 is 43.9. The summed E-state index contributed by atoms with van der Waals surface area (Å²) in [7, 11) is 0.344. The predicted octanol–water partition coefficient (Wildman–Crippen LogP) is 3.73. The zero-order valence-electron chi connectivity index (χ0n) is 24.4. The molecular formula is C29H26N8O6S2. The third kappa shape index (κ3) is 7.15. The third-order valence-electron chi connectivity index (χ3n) is 6.18. The monoisotopic (exact) mass is 646 g/mol. The van der Waals surface area contributed by atoms with Gasteiger partial charge in [-0.2, -0.15) is 10.5 Å². The second-order valence-corrected chi connectivity index (χ2v) is 11.7. The SMILES string of the molecule is COc1cc(-c2c(C#N)c(N)nc(SCC(=O)Nc3ccc(S(=O)(=O)Nc4nccc(C)n4)cc3)c2C#N)cc(OC)c1OC. The van der Waals surface area contributed by atoms with Crippen molar-refractivity contribution < 1.29 is 27.4 Å². The number of pyridine rings is 1. The number of anilines is 3. The number of nitriles is 2. The van der Waals surface area contributed by atoms with Gasteiger partial charge in [-0.05, 0) is 55.0 Å². The molecule has 1 amide bonds. The summed E-state index contributed by atoms with van der Waals surface area (Å²) in [5.41, 5.74) is 7.61. The average Bonchev–Trinajstić information content (AvgIpc) is 3.02. The van der Waals surface area contributed by atoms with Gasteiger partial charge in [0.2, 0.25) is 17.6 Å². The molecule has 4 N–H and O–H groups in total. The second-order valence-electron chi connectivity index (χ2n) is 9.05. The Balaban J connectivity index is 1.55. The van der Waals surface area contributed by atoms with E-state index >= 15 is 0 Å². The van der Waals surface area contributed by atoms with Crippen LogP contribution in [0.25, 0.3) is 11.1 Å². The van der Waals surface area contributed by atoms with Crippen molar-refractivity contribution in [3.63, 3.8) is 0 Å². The molecule has 0 saturated carbocycles. The first-order valence-corrected chi connectivity index (χ1v) is 15.3. The molecule has 0 atom stereocenters. The van der Waals surface area contributed by atoms with Gasteiger partial charge in [-0.25, -0.2) is 28.1 Å². The van der Waals surface area contributed by atoms with Gasteiger partial charge in [-0.1, -0.05) is 11.8 Å². The van der Waals surface area contributed by atoms with E-state index in [1.165, 1.54) is 51.8 Å². The average molecular weight is 647 g/mol. The van der Waals surface area contributed by atoms with Crippen LogP contribution in [-0.2, 0) is 14.8 Å². The van der Waals surface area contributed by atoms with E-state index in [0.29, 0.717) is 34.2 Å². The van der Waals surface area contributed by atoms with Crippen LogP contribution in [0.5, 0.6) is 17.2 Å². The first kappa shape index (κ1) is 32.3. The molecule has 2 aromatic carbocycles. The fourth-order valence-corrected chi connectivity index (χ4v) is 5.89. The quantitative estimate of drug-likeness (QED) is 0.198. The van der Waals surface area contributed by atoms with E-state index in [9.17, 15) is 23.7 Å². The number of carbonyl (C=O) groups is 1. The number of thioether (sulfide) groups is 1. The largest absolute Gasteiger partial charge is 0.493 e. The Labute approximate surface area is 263 Å². The molecule has 0 aliphatic heterocycles. The molecule has 45 heavy (non-hydrogen) atoms. The number of methoxy groups -OCH3 is 3. The highest BCUT2D eigenvalue weighted by molar-refractivity contribution is 8.00. The molecule has 4 aromatic rings. The van der Waals surface area contributed by atoms with Crippen molar-refractivity contribution >= 4 is 45.1 Å². The minimum Gasteiger partial charge on any atom is -0.493 e. The van der Waals surface area contributed by atoms with Crippen LogP contribution in [0, 0.1) is 29.6 Å². The number of nitrogen functional groups attached to an aromatic ring is 1. The summed E-state index contributed by atoms with van der Waals surface area (Å²) in [6.45, 7) is 1.71. The number of ether oxygens (including phenoxy) is 3. The summed E-state index contributed by atoms with van der Waals surface area (Å²) in [5, 5.41) is 22.8. The van der Waals surface area contributed by atoms with Crippen molar-refractivity contribution in [2.75, 3.05) is 42.9 Å². The van der Waals surface area contributed by atoms with Crippen molar-refractivity contribution in [3.8, 4) is 40.5 Å². The molecule has 14 nitrogen and oxygen atoms in total. The Kier molecular flexibility index (Phi) is 9.92. The number of rotatable bonds is 11. The molecule has 2 aromatic heterocycles. The maximum absolute atomic E-state index is 12.8. The number of carbonyl (C=O) groups excluding carboxylic acids is 1. The van der Waals surface area contributed by atoms with E-state index < -0.39 is 15.9 Å². The highest BCUT2D eigenvalue weighted by atomic mass is 32.2. The predicted molar refractivity (Wildman–Crippen MR) is 167 cm³/mol. The maximum Gasteiger partial charge on any atom is 0.264 e. The number of hydrogen-bond acceptors (Lipinski definition) is 13. The smallest absolute Gasteiger partial charge is 0.264 e. The second kappa shape index (κ2) is 13.8.